The number of nitrogens with one attached hydrogen (secondary N) is 2. The molecule has 1 aliphatic rings. The Morgan fingerprint density at radius 3 is 2.62 bits per heavy atom. The number of piperidine rings is 1. The summed E-state index contributed by atoms with van der Waals surface area (Å²) in [7, 11) is 0. The molecule has 4 rings (SSSR count). The number of hydrogen-bond donors (Lipinski definition) is 2. The third kappa shape index (κ3) is 5.23. The van der Waals surface area contributed by atoms with Crippen molar-refractivity contribution in [3.8, 4) is 11.3 Å². The minimum atomic E-state index is -0.177. The number of anilines is 1. The number of benzene rings is 2. The van der Waals surface area contributed by atoms with Crippen LogP contribution in [0.2, 0.25) is 0 Å². The van der Waals surface area contributed by atoms with E-state index >= 15 is 0 Å². The van der Waals surface area contributed by atoms with Crippen molar-refractivity contribution in [2.75, 3.05) is 18.4 Å². The van der Waals surface area contributed by atoms with Crippen LogP contribution < -0.4 is 10.6 Å². The minimum absolute atomic E-state index is 0.177. The van der Waals surface area contributed by atoms with Gasteiger partial charge in [0, 0.05) is 23.8 Å². The normalized spacial score (nSPS) is 17.0. The fourth-order valence-corrected chi connectivity index (χ4v) is 3.70. The van der Waals surface area contributed by atoms with Gasteiger partial charge in [-0.1, -0.05) is 55.0 Å². The number of para-hydroxylation sites is 1. The Labute approximate surface area is 170 Å². The number of oxazole rings is 1. The molecule has 1 saturated heterocycles. The molecule has 2 aromatic carbocycles. The second-order valence-electron chi connectivity index (χ2n) is 7.31. The van der Waals surface area contributed by atoms with Gasteiger partial charge < -0.3 is 15.1 Å². The summed E-state index contributed by atoms with van der Waals surface area (Å²) in [6.07, 6.45) is 5.16. The molecular formula is C23H26N4O2. The van der Waals surface area contributed by atoms with Crippen LogP contribution >= 0.6 is 0 Å². The molecule has 0 aliphatic carbocycles. The summed E-state index contributed by atoms with van der Waals surface area (Å²) in [5.74, 6) is 1.50. The molecule has 1 fully saturated rings. The molecule has 3 aromatic rings. The van der Waals surface area contributed by atoms with E-state index in [1.165, 1.54) is 6.42 Å². The van der Waals surface area contributed by atoms with Gasteiger partial charge in [0.05, 0.1) is 12.7 Å². The van der Waals surface area contributed by atoms with Gasteiger partial charge in [-0.05, 0) is 31.5 Å². The molecule has 150 valence electrons. The molecule has 6 heteroatoms. The van der Waals surface area contributed by atoms with Gasteiger partial charge in [0.2, 0.25) is 5.89 Å². The maximum Gasteiger partial charge on any atom is 0.319 e. The molecule has 1 aromatic heterocycles. The predicted octanol–water partition coefficient (Wildman–Crippen LogP) is 4.52. The molecule has 0 saturated carbocycles. The molecule has 1 aliphatic heterocycles. The Morgan fingerprint density at radius 1 is 1.07 bits per heavy atom. The topological polar surface area (TPSA) is 70.4 Å². The fourth-order valence-electron chi connectivity index (χ4n) is 3.70. The number of likely N-dealkylation sites (tertiary alicyclic amines) is 1. The highest BCUT2D eigenvalue weighted by atomic mass is 16.4. The fraction of sp³-hybridized carbons (Fsp3) is 0.304. The Morgan fingerprint density at radius 2 is 1.83 bits per heavy atom. The van der Waals surface area contributed by atoms with Gasteiger partial charge in [-0.3, -0.25) is 4.90 Å². The second-order valence-corrected chi connectivity index (χ2v) is 7.31. The van der Waals surface area contributed by atoms with Crippen molar-refractivity contribution in [3.63, 3.8) is 0 Å². The number of urea groups is 1. The van der Waals surface area contributed by atoms with Crippen LogP contribution in [0, 0.1) is 0 Å². The van der Waals surface area contributed by atoms with E-state index in [2.05, 4.69) is 20.5 Å². The van der Waals surface area contributed by atoms with Crippen LogP contribution in [-0.4, -0.2) is 35.0 Å². The SMILES string of the molecule is O=C(NCC1CCCCN1Cc1ncc(-c2ccccc2)o1)Nc1ccccc1. The van der Waals surface area contributed by atoms with Crippen molar-refractivity contribution >= 4 is 11.7 Å². The smallest absolute Gasteiger partial charge is 0.319 e. The third-order valence-electron chi connectivity index (χ3n) is 5.23. The number of aromatic nitrogens is 1. The molecule has 0 radical (unpaired) electrons. The quantitative estimate of drug-likeness (QED) is 0.649. The van der Waals surface area contributed by atoms with Gasteiger partial charge in [0.1, 0.15) is 0 Å². The van der Waals surface area contributed by atoms with Crippen LogP contribution in [0.3, 0.4) is 0 Å². The third-order valence-corrected chi connectivity index (χ3v) is 5.23. The van der Waals surface area contributed by atoms with Crippen molar-refractivity contribution in [1.82, 2.24) is 15.2 Å². The number of carbonyl (C=O) groups excluding carboxylic acids is 1. The summed E-state index contributed by atoms with van der Waals surface area (Å²) in [5.41, 5.74) is 1.82. The van der Waals surface area contributed by atoms with E-state index in [0.717, 1.165) is 36.4 Å². The van der Waals surface area contributed by atoms with Crippen molar-refractivity contribution in [1.29, 1.82) is 0 Å². The van der Waals surface area contributed by atoms with E-state index in [4.69, 9.17) is 4.42 Å². The highest BCUT2D eigenvalue weighted by Crippen LogP contribution is 2.23. The number of amides is 2. The summed E-state index contributed by atoms with van der Waals surface area (Å²) < 4.78 is 5.97. The summed E-state index contributed by atoms with van der Waals surface area (Å²) >= 11 is 0. The first-order valence-corrected chi connectivity index (χ1v) is 10.1. The van der Waals surface area contributed by atoms with Crippen molar-refractivity contribution < 1.29 is 9.21 Å². The molecular weight excluding hydrogens is 364 g/mol. The van der Waals surface area contributed by atoms with E-state index in [1.807, 2.05) is 60.7 Å². The van der Waals surface area contributed by atoms with Gasteiger partial charge in [-0.15, -0.1) is 0 Å². The maximum absolute atomic E-state index is 12.2. The second kappa shape index (κ2) is 9.39. The largest absolute Gasteiger partial charge is 0.439 e. The van der Waals surface area contributed by atoms with Crippen molar-refractivity contribution in [2.24, 2.45) is 0 Å². The number of carbonyl (C=O) groups is 1. The van der Waals surface area contributed by atoms with Gasteiger partial charge in [0.25, 0.3) is 0 Å². The lowest BCUT2D eigenvalue weighted by Gasteiger charge is -2.34. The van der Waals surface area contributed by atoms with Crippen molar-refractivity contribution in [3.05, 3.63) is 72.8 Å². The first-order chi connectivity index (χ1) is 14.3. The van der Waals surface area contributed by atoms with E-state index in [9.17, 15) is 4.79 Å². The molecule has 2 heterocycles. The molecule has 2 amide bonds. The molecule has 1 atom stereocenters. The number of nitrogens with zero attached hydrogens (tertiary/aromatic N) is 2. The predicted molar refractivity (Wildman–Crippen MR) is 113 cm³/mol. The van der Waals surface area contributed by atoms with Crippen LogP contribution in [0.1, 0.15) is 25.2 Å². The van der Waals surface area contributed by atoms with E-state index < -0.39 is 0 Å². The summed E-state index contributed by atoms with van der Waals surface area (Å²) in [6.45, 7) is 2.24. The number of hydrogen-bond acceptors (Lipinski definition) is 4. The average Bonchev–Trinajstić information content (AvgIpc) is 3.23. The minimum Gasteiger partial charge on any atom is -0.439 e. The van der Waals surface area contributed by atoms with Crippen LogP contribution in [-0.2, 0) is 6.54 Å². The van der Waals surface area contributed by atoms with Crippen LogP contribution in [0.5, 0.6) is 0 Å². The molecule has 1 unspecified atom stereocenters. The monoisotopic (exact) mass is 390 g/mol. The Kier molecular flexibility index (Phi) is 6.22. The molecule has 0 bridgehead atoms. The zero-order valence-corrected chi connectivity index (χ0v) is 16.4. The standard InChI is InChI=1S/C23H26N4O2/c28-23(26-19-11-5-2-6-12-19)25-15-20-13-7-8-14-27(20)17-22-24-16-21(29-22)18-9-3-1-4-10-18/h1-6,9-12,16,20H,7-8,13-15,17H2,(H2,25,26,28). The first kappa shape index (κ1) is 19.2. The van der Waals surface area contributed by atoms with Gasteiger partial charge in [0.15, 0.2) is 5.76 Å². The van der Waals surface area contributed by atoms with Gasteiger partial charge in [-0.25, -0.2) is 9.78 Å². The van der Waals surface area contributed by atoms with Crippen LogP contribution in [0.15, 0.2) is 71.3 Å². The lowest BCUT2D eigenvalue weighted by Crippen LogP contribution is -2.47. The van der Waals surface area contributed by atoms with E-state index in [-0.39, 0.29) is 12.1 Å². The lowest BCUT2D eigenvalue weighted by molar-refractivity contribution is 0.127. The number of rotatable bonds is 6. The van der Waals surface area contributed by atoms with Crippen molar-refractivity contribution in [2.45, 2.75) is 31.8 Å². The highest BCUT2D eigenvalue weighted by molar-refractivity contribution is 5.89. The Balaban J connectivity index is 1.33. The summed E-state index contributed by atoms with van der Waals surface area (Å²) in [5, 5.41) is 5.87. The van der Waals surface area contributed by atoms with Crippen LogP contribution in [0.4, 0.5) is 10.5 Å². The zero-order valence-electron chi connectivity index (χ0n) is 16.4. The summed E-state index contributed by atoms with van der Waals surface area (Å²) in [4.78, 5) is 19.0. The average molecular weight is 390 g/mol. The Bertz CT molecular complexity index is 911. The summed E-state index contributed by atoms with van der Waals surface area (Å²) in [6, 6.07) is 19.6. The van der Waals surface area contributed by atoms with Crippen LogP contribution in [0.25, 0.3) is 11.3 Å². The van der Waals surface area contributed by atoms with E-state index in [0.29, 0.717) is 19.0 Å². The maximum atomic E-state index is 12.2. The molecule has 0 spiro atoms. The highest BCUT2D eigenvalue weighted by Gasteiger charge is 2.24. The zero-order chi connectivity index (χ0) is 19.9. The molecule has 6 nitrogen and oxygen atoms in total. The van der Waals surface area contributed by atoms with E-state index in [1.54, 1.807) is 6.20 Å². The lowest BCUT2D eigenvalue weighted by atomic mass is 10.0. The first-order valence-electron chi connectivity index (χ1n) is 10.1. The molecule has 29 heavy (non-hydrogen) atoms. The van der Waals surface area contributed by atoms with Gasteiger partial charge >= 0.3 is 6.03 Å². The molecule has 2 N–H and O–H groups in total. The van der Waals surface area contributed by atoms with Gasteiger partial charge in [-0.2, -0.15) is 0 Å². The Hall–Kier alpha value is -3.12.